The predicted molar refractivity (Wildman–Crippen MR) is 100 cm³/mol. The van der Waals surface area contributed by atoms with Crippen LogP contribution in [0, 0.1) is 0 Å². The summed E-state index contributed by atoms with van der Waals surface area (Å²) in [5, 5.41) is 1.09. The molecule has 3 rings (SSSR count). The summed E-state index contributed by atoms with van der Waals surface area (Å²) >= 11 is 0. The summed E-state index contributed by atoms with van der Waals surface area (Å²) in [6, 6.07) is 5.93. The van der Waals surface area contributed by atoms with Gasteiger partial charge in [-0.1, -0.05) is 0 Å². The molecule has 134 valence electrons. The van der Waals surface area contributed by atoms with Crippen LogP contribution in [-0.2, 0) is 17.6 Å². The minimum Gasteiger partial charge on any atom is -0.474 e. The zero-order valence-corrected chi connectivity index (χ0v) is 15.5. The second-order valence-electron chi connectivity index (χ2n) is 7.82. The molecule has 1 aromatic heterocycles. The number of hydrogen-bond acceptors (Lipinski definition) is 3. The van der Waals surface area contributed by atoms with E-state index in [-0.39, 0.29) is 5.60 Å². The van der Waals surface area contributed by atoms with Crippen molar-refractivity contribution in [1.82, 2.24) is 9.88 Å². The first-order valence-corrected chi connectivity index (χ1v) is 8.70. The number of benzene rings is 1. The van der Waals surface area contributed by atoms with E-state index in [1.165, 1.54) is 11.3 Å². The Morgan fingerprint density at radius 2 is 2.12 bits per heavy atom. The summed E-state index contributed by atoms with van der Waals surface area (Å²) in [5.41, 5.74) is 9.30. The van der Waals surface area contributed by atoms with Gasteiger partial charge in [-0.3, -0.25) is 4.79 Å². The van der Waals surface area contributed by atoms with Crippen molar-refractivity contribution in [2.45, 2.75) is 51.7 Å². The highest BCUT2D eigenvalue weighted by Crippen LogP contribution is 2.32. The fraction of sp³-hybridized carbons (Fsp3) is 0.450. The lowest BCUT2D eigenvalue weighted by atomic mass is 9.90. The molecule has 2 aromatic rings. The van der Waals surface area contributed by atoms with Gasteiger partial charge in [0.15, 0.2) is 5.88 Å². The van der Waals surface area contributed by atoms with Gasteiger partial charge in [-0.05, 0) is 70.4 Å². The molecule has 0 radical (unpaired) electrons. The Hall–Kier alpha value is -2.43. The highest BCUT2D eigenvalue weighted by molar-refractivity contribution is 5.98. The van der Waals surface area contributed by atoms with Crippen LogP contribution in [-0.4, -0.2) is 34.5 Å². The smallest absolute Gasteiger partial charge is 0.248 e. The number of nitrogens with zero attached hydrogens (tertiary/aromatic N) is 1. The van der Waals surface area contributed by atoms with Crippen molar-refractivity contribution in [2.24, 2.45) is 5.73 Å². The molecule has 1 aliphatic carbocycles. The summed E-state index contributed by atoms with van der Waals surface area (Å²) in [7, 11) is 2.04. The third kappa shape index (κ3) is 3.50. The number of aromatic nitrogens is 1. The molecular weight excluding hydrogens is 314 g/mol. The second-order valence-corrected chi connectivity index (χ2v) is 7.82. The third-order valence-corrected chi connectivity index (χ3v) is 4.81. The Kier molecular flexibility index (Phi) is 4.27. The lowest BCUT2D eigenvalue weighted by molar-refractivity contribution is -0.00231. The van der Waals surface area contributed by atoms with Crippen LogP contribution in [0.3, 0.4) is 0 Å². The van der Waals surface area contributed by atoms with Crippen molar-refractivity contribution in [3.8, 4) is 0 Å². The SMILES string of the molecule is C=C(OC(C)(C)C)N(C)C1CCc2[nH]c3ccc(C(N)=O)cc3c2C1. The molecule has 0 fully saturated rings. The summed E-state index contributed by atoms with van der Waals surface area (Å²) in [6.07, 6.45) is 2.89. The summed E-state index contributed by atoms with van der Waals surface area (Å²) in [4.78, 5) is 17.1. The average molecular weight is 341 g/mol. The van der Waals surface area contributed by atoms with Gasteiger partial charge in [0, 0.05) is 35.2 Å². The maximum absolute atomic E-state index is 11.5. The third-order valence-electron chi connectivity index (χ3n) is 4.81. The Morgan fingerprint density at radius 3 is 2.76 bits per heavy atom. The maximum atomic E-state index is 11.5. The normalized spacial score (nSPS) is 17.2. The van der Waals surface area contributed by atoms with Gasteiger partial charge in [0.2, 0.25) is 5.91 Å². The molecule has 1 atom stereocenters. The minimum absolute atomic E-state index is 0.262. The van der Waals surface area contributed by atoms with Crippen LogP contribution in [0.1, 0.15) is 48.8 Å². The summed E-state index contributed by atoms with van der Waals surface area (Å²) < 4.78 is 5.92. The molecule has 0 saturated carbocycles. The molecular formula is C20H27N3O2. The quantitative estimate of drug-likeness (QED) is 0.838. The van der Waals surface area contributed by atoms with Crippen LogP contribution in [0.2, 0.25) is 0 Å². The van der Waals surface area contributed by atoms with Gasteiger partial charge in [0.25, 0.3) is 0 Å². The van der Waals surface area contributed by atoms with E-state index in [1.54, 1.807) is 6.07 Å². The van der Waals surface area contributed by atoms with Crippen LogP contribution in [0.4, 0.5) is 0 Å². The Labute approximate surface area is 148 Å². The van der Waals surface area contributed by atoms with Crippen molar-refractivity contribution in [1.29, 1.82) is 0 Å². The largest absolute Gasteiger partial charge is 0.474 e. The maximum Gasteiger partial charge on any atom is 0.248 e. The number of ether oxygens (including phenoxy) is 1. The lowest BCUT2D eigenvalue weighted by Gasteiger charge is -2.36. The van der Waals surface area contributed by atoms with Crippen molar-refractivity contribution in [3.63, 3.8) is 0 Å². The number of nitrogens with one attached hydrogen (secondary N) is 1. The molecule has 0 spiro atoms. The molecule has 0 bridgehead atoms. The van der Waals surface area contributed by atoms with Crippen molar-refractivity contribution in [2.75, 3.05) is 7.05 Å². The highest BCUT2D eigenvalue weighted by Gasteiger charge is 2.27. The van der Waals surface area contributed by atoms with E-state index in [9.17, 15) is 4.79 Å². The first kappa shape index (κ1) is 17.4. The number of hydrogen-bond donors (Lipinski definition) is 2. The fourth-order valence-electron chi connectivity index (χ4n) is 3.51. The lowest BCUT2D eigenvalue weighted by Crippen LogP contribution is -2.38. The van der Waals surface area contributed by atoms with Gasteiger partial charge < -0.3 is 20.4 Å². The van der Waals surface area contributed by atoms with E-state index in [0.29, 0.717) is 17.5 Å². The number of aryl methyl sites for hydroxylation is 1. The van der Waals surface area contributed by atoms with Crippen LogP contribution in [0.15, 0.2) is 30.7 Å². The fourth-order valence-corrected chi connectivity index (χ4v) is 3.51. The van der Waals surface area contributed by atoms with E-state index in [0.717, 1.165) is 30.2 Å². The van der Waals surface area contributed by atoms with Gasteiger partial charge in [0.1, 0.15) is 5.60 Å². The molecule has 3 N–H and O–H groups in total. The zero-order chi connectivity index (χ0) is 18.4. The monoisotopic (exact) mass is 341 g/mol. The van der Waals surface area contributed by atoms with Crippen LogP contribution < -0.4 is 5.73 Å². The molecule has 1 amide bonds. The first-order chi connectivity index (χ1) is 11.7. The van der Waals surface area contributed by atoms with E-state index < -0.39 is 5.91 Å². The molecule has 25 heavy (non-hydrogen) atoms. The van der Waals surface area contributed by atoms with Gasteiger partial charge in [-0.15, -0.1) is 0 Å². The molecule has 0 saturated heterocycles. The average Bonchev–Trinajstić information content (AvgIpc) is 2.89. The molecule has 1 heterocycles. The number of fused-ring (bicyclic) bond motifs is 3. The Balaban J connectivity index is 1.87. The number of aromatic amines is 1. The number of likely N-dealkylation sites (N-methyl/N-ethyl adjacent to an activating group) is 1. The summed E-state index contributed by atoms with van der Waals surface area (Å²) in [6.45, 7) is 10.2. The van der Waals surface area contributed by atoms with Crippen molar-refractivity contribution < 1.29 is 9.53 Å². The zero-order valence-electron chi connectivity index (χ0n) is 15.5. The molecule has 1 aliphatic rings. The van der Waals surface area contributed by atoms with Crippen molar-refractivity contribution in [3.05, 3.63) is 47.5 Å². The molecule has 1 unspecified atom stereocenters. The second kappa shape index (κ2) is 6.14. The van der Waals surface area contributed by atoms with Gasteiger partial charge in [0.05, 0.1) is 0 Å². The molecule has 0 aliphatic heterocycles. The topological polar surface area (TPSA) is 71.3 Å². The number of carbonyl (C=O) groups excluding carboxylic acids is 1. The number of H-pyrrole nitrogens is 1. The van der Waals surface area contributed by atoms with Crippen LogP contribution >= 0.6 is 0 Å². The standard InChI is InChI=1S/C20H27N3O2/c1-12(25-20(2,3)4)23(5)14-7-9-18-16(11-14)15-10-13(19(21)24)6-8-17(15)22-18/h6,8,10,14,22H,1,7,9,11H2,2-5H3,(H2,21,24). The predicted octanol–water partition coefficient (Wildman–Crippen LogP) is 3.34. The first-order valence-electron chi connectivity index (χ1n) is 8.70. The molecule has 5 heteroatoms. The van der Waals surface area contributed by atoms with Gasteiger partial charge in [-0.25, -0.2) is 0 Å². The Bertz CT molecular complexity index is 829. The van der Waals surface area contributed by atoms with Gasteiger partial charge >= 0.3 is 0 Å². The molecule has 5 nitrogen and oxygen atoms in total. The van der Waals surface area contributed by atoms with E-state index >= 15 is 0 Å². The summed E-state index contributed by atoms with van der Waals surface area (Å²) in [5.74, 6) is 0.298. The van der Waals surface area contributed by atoms with E-state index in [1.807, 2.05) is 40.0 Å². The van der Waals surface area contributed by atoms with Crippen molar-refractivity contribution >= 4 is 16.8 Å². The number of nitrogens with two attached hydrogens (primary N) is 1. The van der Waals surface area contributed by atoms with Crippen LogP contribution in [0.25, 0.3) is 10.9 Å². The van der Waals surface area contributed by atoms with Crippen LogP contribution in [0.5, 0.6) is 0 Å². The number of amides is 1. The molecule has 1 aromatic carbocycles. The Morgan fingerprint density at radius 1 is 1.40 bits per heavy atom. The highest BCUT2D eigenvalue weighted by atomic mass is 16.5. The number of carbonyl (C=O) groups is 1. The minimum atomic E-state index is -0.395. The number of primary amides is 1. The van der Waals surface area contributed by atoms with E-state index in [2.05, 4.69) is 16.5 Å². The van der Waals surface area contributed by atoms with Gasteiger partial charge in [-0.2, -0.15) is 0 Å². The van der Waals surface area contributed by atoms with E-state index in [4.69, 9.17) is 10.5 Å². The number of rotatable bonds is 4.